The van der Waals surface area contributed by atoms with Gasteiger partial charge in [0.1, 0.15) is 5.75 Å². The van der Waals surface area contributed by atoms with Crippen LogP contribution in [0.5, 0.6) is 5.75 Å². The molecule has 1 aromatic carbocycles. The molecule has 20 heavy (non-hydrogen) atoms. The van der Waals surface area contributed by atoms with Crippen molar-refractivity contribution in [3.63, 3.8) is 0 Å². The Bertz CT molecular complexity index is 513. The predicted octanol–water partition coefficient (Wildman–Crippen LogP) is 2.71. The molecule has 3 rings (SSSR count). The number of methoxy groups -OCH3 is 1. The van der Waals surface area contributed by atoms with E-state index in [2.05, 4.69) is 12.1 Å². The number of hydrogen-bond donors (Lipinski definition) is 1. The number of carboxylic acid groups (broad SMARTS) is 1. The van der Waals surface area contributed by atoms with E-state index >= 15 is 0 Å². The molecule has 2 fully saturated rings. The van der Waals surface area contributed by atoms with Crippen LogP contribution in [0.2, 0.25) is 0 Å². The molecule has 0 spiro atoms. The van der Waals surface area contributed by atoms with Gasteiger partial charge in [0, 0.05) is 18.8 Å². The minimum Gasteiger partial charge on any atom is -0.496 e. The number of ether oxygens (including phenoxy) is 2. The Balaban J connectivity index is 1.97. The van der Waals surface area contributed by atoms with Gasteiger partial charge < -0.3 is 14.6 Å². The fourth-order valence-electron chi connectivity index (χ4n) is 3.11. The van der Waals surface area contributed by atoms with Crippen LogP contribution < -0.4 is 4.74 Å². The molecule has 1 N–H and O–H groups in total. The summed E-state index contributed by atoms with van der Waals surface area (Å²) >= 11 is 0. The van der Waals surface area contributed by atoms with E-state index in [0.29, 0.717) is 24.5 Å². The smallest absolute Gasteiger partial charge is 0.314 e. The van der Waals surface area contributed by atoms with Gasteiger partial charge in [0.2, 0.25) is 0 Å². The monoisotopic (exact) mass is 276 g/mol. The Hall–Kier alpha value is -1.55. The largest absolute Gasteiger partial charge is 0.496 e. The van der Waals surface area contributed by atoms with E-state index in [9.17, 15) is 9.90 Å². The van der Waals surface area contributed by atoms with Crippen LogP contribution in [0, 0.1) is 0 Å². The first kappa shape index (κ1) is 13.4. The Labute approximate surface area is 118 Å². The van der Waals surface area contributed by atoms with E-state index in [0.717, 1.165) is 31.6 Å². The van der Waals surface area contributed by atoms with Crippen molar-refractivity contribution in [2.24, 2.45) is 0 Å². The molecule has 1 aromatic rings. The van der Waals surface area contributed by atoms with Crippen LogP contribution in [-0.2, 0) is 14.9 Å². The Morgan fingerprint density at radius 2 is 2.05 bits per heavy atom. The Morgan fingerprint density at radius 3 is 2.60 bits per heavy atom. The second-order valence-electron chi connectivity index (χ2n) is 5.73. The molecular formula is C16H20O4. The van der Waals surface area contributed by atoms with Gasteiger partial charge in [-0.25, -0.2) is 0 Å². The van der Waals surface area contributed by atoms with Gasteiger partial charge in [-0.15, -0.1) is 0 Å². The van der Waals surface area contributed by atoms with E-state index in [1.807, 2.05) is 6.07 Å². The minimum absolute atomic E-state index is 0.470. The van der Waals surface area contributed by atoms with Crippen LogP contribution in [0.3, 0.4) is 0 Å². The van der Waals surface area contributed by atoms with Gasteiger partial charge in [0.05, 0.1) is 12.5 Å². The van der Waals surface area contributed by atoms with Crippen LogP contribution in [0.15, 0.2) is 18.2 Å². The van der Waals surface area contributed by atoms with Crippen molar-refractivity contribution in [1.29, 1.82) is 0 Å². The standard InChI is InChI=1S/C16H20O4/c1-19-14-3-2-12(11-4-8-20-9-5-11)10-13(14)16(6-7-16)15(17)18/h2-3,10-11H,4-9H2,1H3,(H,17,18). The summed E-state index contributed by atoms with van der Waals surface area (Å²) in [7, 11) is 1.60. The first-order valence-corrected chi connectivity index (χ1v) is 7.17. The summed E-state index contributed by atoms with van der Waals surface area (Å²) < 4.78 is 10.8. The summed E-state index contributed by atoms with van der Waals surface area (Å²) in [6.07, 6.45) is 3.42. The van der Waals surface area contributed by atoms with Gasteiger partial charge in [0.15, 0.2) is 0 Å². The fourth-order valence-corrected chi connectivity index (χ4v) is 3.11. The van der Waals surface area contributed by atoms with Crippen LogP contribution in [0.25, 0.3) is 0 Å². The molecule has 0 unspecified atom stereocenters. The summed E-state index contributed by atoms with van der Waals surface area (Å²) in [6.45, 7) is 1.58. The summed E-state index contributed by atoms with van der Waals surface area (Å²) in [4.78, 5) is 11.6. The minimum atomic E-state index is -0.736. The molecule has 108 valence electrons. The highest BCUT2D eigenvalue weighted by molar-refractivity contribution is 5.86. The molecular weight excluding hydrogens is 256 g/mol. The number of carbonyl (C=O) groups is 1. The van der Waals surface area contributed by atoms with Gasteiger partial charge >= 0.3 is 5.97 Å². The molecule has 1 saturated carbocycles. The highest BCUT2D eigenvalue weighted by Crippen LogP contribution is 2.52. The van der Waals surface area contributed by atoms with Crippen molar-refractivity contribution < 1.29 is 19.4 Å². The van der Waals surface area contributed by atoms with Crippen molar-refractivity contribution in [1.82, 2.24) is 0 Å². The lowest BCUT2D eigenvalue weighted by molar-refractivity contribution is -0.140. The maximum atomic E-state index is 11.6. The van der Waals surface area contributed by atoms with Crippen molar-refractivity contribution >= 4 is 5.97 Å². The van der Waals surface area contributed by atoms with Gasteiger partial charge in [-0.1, -0.05) is 12.1 Å². The zero-order valence-electron chi connectivity index (χ0n) is 11.7. The molecule has 1 aliphatic carbocycles. The summed E-state index contributed by atoms with van der Waals surface area (Å²) in [6, 6.07) is 6.04. The van der Waals surface area contributed by atoms with E-state index in [1.54, 1.807) is 7.11 Å². The zero-order valence-corrected chi connectivity index (χ0v) is 11.7. The van der Waals surface area contributed by atoms with Crippen molar-refractivity contribution in [3.05, 3.63) is 29.3 Å². The molecule has 0 amide bonds. The van der Waals surface area contributed by atoms with E-state index in [-0.39, 0.29) is 0 Å². The molecule has 2 aliphatic rings. The second-order valence-corrected chi connectivity index (χ2v) is 5.73. The SMILES string of the molecule is COc1ccc(C2CCOCC2)cc1C1(C(=O)O)CC1. The third-order valence-electron chi connectivity index (χ3n) is 4.59. The van der Waals surface area contributed by atoms with Crippen molar-refractivity contribution in [3.8, 4) is 5.75 Å². The predicted molar refractivity (Wildman–Crippen MR) is 74.3 cm³/mol. The zero-order chi connectivity index (χ0) is 14.2. The third kappa shape index (κ3) is 2.18. The molecule has 0 aromatic heterocycles. The lowest BCUT2D eigenvalue weighted by atomic mass is 9.86. The maximum absolute atomic E-state index is 11.6. The molecule has 0 atom stereocenters. The average Bonchev–Trinajstić information content (AvgIpc) is 3.29. The molecule has 1 aliphatic heterocycles. The van der Waals surface area contributed by atoms with Crippen LogP contribution in [-0.4, -0.2) is 31.4 Å². The van der Waals surface area contributed by atoms with E-state index in [4.69, 9.17) is 9.47 Å². The second kappa shape index (κ2) is 5.09. The Kier molecular flexibility index (Phi) is 3.42. The first-order valence-electron chi connectivity index (χ1n) is 7.17. The maximum Gasteiger partial charge on any atom is 0.314 e. The topological polar surface area (TPSA) is 55.8 Å². The van der Waals surface area contributed by atoms with E-state index in [1.165, 1.54) is 5.56 Å². The van der Waals surface area contributed by atoms with Gasteiger partial charge in [0.25, 0.3) is 0 Å². The first-order chi connectivity index (χ1) is 9.67. The molecule has 1 saturated heterocycles. The molecule has 1 heterocycles. The lowest BCUT2D eigenvalue weighted by Crippen LogP contribution is -2.21. The highest BCUT2D eigenvalue weighted by atomic mass is 16.5. The van der Waals surface area contributed by atoms with Gasteiger partial charge in [-0.3, -0.25) is 4.79 Å². The number of benzene rings is 1. The fraction of sp³-hybridized carbons (Fsp3) is 0.562. The van der Waals surface area contributed by atoms with Gasteiger partial charge in [-0.05, 0) is 43.2 Å². The van der Waals surface area contributed by atoms with Gasteiger partial charge in [-0.2, -0.15) is 0 Å². The summed E-state index contributed by atoms with van der Waals surface area (Å²) in [5, 5.41) is 9.50. The lowest BCUT2D eigenvalue weighted by Gasteiger charge is -2.24. The van der Waals surface area contributed by atoms with E-state index < -0.39 is 11.4 Å². The van der Waals surface area contributed by atoms with Crippen molar-refractivity contribution in [2.75, 3.05) is 20.3 Å². The van der Waals surface area contributed by atoms with Crippen LogP contribution >= 0.6 is 0 Å². The molecule has 0 radical (unpaired) electrons. The molecule has 0 bridgehead atoms. The number of hydrogen-bond acceptors (Lipinski definition) is 3. The molecule has 4 nitrogen and oxygen atoms in total. The summed E-state index contributed by atoms with van der Waals surface area (Å²) in [5.41, 5.74) is 1.35. The quantitative estimate of drug-likeness (QED) is 0.918. The Morgan fingerprint density at radius 1 is 1.35 bits per heavy atom. The average molecular weight is 276 g/mol. The normalized spacial score (nSPS) is 21.4. The summed E-state index contributed by atoms with van der Waals surface area (Å²) in [5.74, 6) is 0.429. The van der Waals surface area contributed by atoms with Crippen LogP contribution in [0.1, 0.15) is 42.7 Å². The number of rotatable bonds is 4. The number of aliphatic carboxylic acids is 1. The van der Waals surface area contributed by atoms with Crippen molar-refractivity contribution in [2.45, 2.75) is 37.0 Å². The highest BCUT2D eigenvalue weighted by Gasteiger charge is 2.53. The van der Waals surface area contributed by atoms with Crippen LogP contribution in [0.4, 0.5) is 0 Å². The third-order valence-corrected chi connectivity index (χ3v) is 4.59. The number of carboxylic acids is 1. The molecule has 4 heteroatoms.